The maximum absolute atomic E-state index is 6.49. The molecule has 0 amide bonds. The van der Waals surface area contributed by atoms with Gasteiger partial charge in [0.2, 0.25) is 6.23 Å². The van der Waals surface area contributed by atoms with Gasteiger partial charge in [0, 0.05) is 31.0 Å². The Morgan fingerprint density at radius 3 is 2.17 bits per heavy atom. The lowest BCUT2D eigenvalue weighted by atomic mass is 9.96. The van der Waals surface area contributed by atoms with Gasteiger partial charge >= 0.3 is 0 Å². The number of ether oxygens (including phenoxy) is 1. The molecule has 0 saturated heterocycles. The predicted octanol–water partition coefficient (Wildman–Crippen LogP) is 7.98. The van der Waals surface area contributed by atoms with Gasteiger partial charge in [-0.3, -0.25) is 0 Å². The predicted molar refractivity (Wildman–Crippen MR) is 129 cm³/mol. The molecule has 0 fully saturated rings. The molecule has 2 aliphatic heterocycles. The van der Waals surface area contributed by atoms with Crippen LogP contribution < -0.4 is 4.74 Å². The first-order valence-electron chi connectivity index (χ1n) is 9.02. The summed E-state index contributed by atoms with van der Waals surface area (Å²) in [6.07, 6.45) is 0.541. The Balaban J connectivity index is 1.62. The Labute approximate surface area is 202 Å². The number of nitrogens with zero attached hydrogens (tertiary/aromatic N) is 2. The summed E-state index contributed by atoms with van der Waals surface area (Å²) < 4.78 is 10.6. The third-order valence-corrected chi connectivity index (χ3v) is 7.24. The zero-order valence-corrected chi connectivity index (χ0v) is 21.3. The van der Waals surface area contributed by atoms with E-state index >= 15 is 0 Å². The fraction of sp³-hybridized carbons (Fsp3) is 0.136. The van der Waals surface area contributed by atoms with Crippen LogP contribution in [0.4, 0.5) is 0 Å². The standard InChI is InChI=1S/C22H14Br4N2O/c23-14-5-1-12(2-6-14)19-11-20-17-9-16(25)10-18(26)21(17)29-22(28(20)27-19)13-3-7-15(24)8-4-13/h1-10,20,22H,11H2. The van der Waals surface area contributed by atoms with Crippen molar-refractivity contribution < 1.29 is 4.74 Å². The van der Waals surface area contributed by atoms with Gasteiger partial charge in [-0.2, -0.15) is 5.10 Å². The lowest BCUT2D eigenvalue weighted by molar-refractivity contribution is -0.0197. The minimum Gasteiger partial charge on any atom is -0.463 e. The van der Waals surface area contributed by atoms with Crippen LogP contribution in [0.25, 0.3) is 0 Å². The second kappa shape index (κ2) is 7.84. The van der Waals surface area contributed by atoms with Gasteiger partial charge < -0.3 is 4.74 Å². The molecule has 3 aromatic rings. The van der Waals surface area contributed by atoms with Crippen molar-refractivity contribution in [1.29, 1.82) is 0 Å². The van der Waals surface area contributed by atoms with Crippen molar-refractivity contribution in [2.45, 2.75) is 18.7 Å². The monoisotopic (exact) mass is 638 g/mol. The quantitative estimate of drug-likeness (QED) is 0.284. The SMILES string of the molecule is Brc1ccc(C2=NN3C(C2)c2cc(Br)cc(Br)c2OC3c2ccc(Br)cc2)cc1. The van der Waals surface area contributed by atoms with E-state index in [0.29, 0.717) is 0 Å². The first-order valence-corrected chi connectivity index (χ1v) is 12.2. The average molecular weight is 642 g/mol. The normalized spacial score (nSPS) is 20.0. The van der Waals surface area contributed by atoms with Gasteiger partial charge in [-0.05, 0) is 57.9 Å². The largest absolute Gasteiger partial charge is 0.463 e. The van der Waals surface area contributed by atoms with E-state index in [4.69, 9.17) is 9.84 Å². The number of hydrogen-bond donors (Lipinski definition) is 0. The molecule has 3 aromatic carbocycles. The van der Waals surface area contributed by atoms with Crippen molar-refractivity contribution in [2.75, 3.05) is 0 Å². The summed E-state index contributed by atoms with van der Waals surface area (Å²) >= 11 is 14.3. The zero-order chi connectivity index (χ0) is 20.1. The molecular formula is C22H14Br4N2O. The summed E-state index contributed by atoms with van der Waals surface area (Å²) in [4.78, 5) is 0. The van der Waals surface area contributed by atoms with Crippen LogP contribution in [0, 0.1) is 0 Å². The summed E-state index contributed by atoms with van der Waals surface area (Å²) in [6.45, 7) is 0. The summed E-state index contributed by atoms with van der Waals surface area (Å²) in [7, 11) is 0. The summed E-state index contributed by atoms with van der Waals surface area (Å²) in [5.41, 5.74) is 4.40. The molecule has 3 nitrogen and oxygen atoms in total. The lowest BCUT2D eigenvalue weighted by Gasteiger charge is -2.38. The number of fused-ring (bicyclic) bond motifs is 3. The van der Waals surface area contributed by atoms with E-state index in [9.17, 15) is 0 Å². The Morgan fingerprint density at radius 2 is 1.48 bits per heavy atom. The van der Waals surface area contributed by atoms with E-state index < -0.39 is 0 Å². The molecule has 0 N–H and O–H groups in total. The van der Waals surface area contributed by atoms with Gasteiger partial charge in [0.25, 0.3) is 0 Å². The molecule has 7 heteroatoms. The molecule has 0 saturated carbocycles. The number of hydrogen-bond acceptors (Lipinski definition) is 3. The second-order valence-corrected chi connectivity index (χ2v) is 10.6. The van der Waals surface area contributed by atoms with Crippen LogP contribution in [0.15, 0.2) is 83.7 Å². The smallest absolute Gasteiger partial charge is 0.213 e. The van der Waals surface area contributed by atoms with Crippen molar-refractivity contribution in [3.63, 3.8) is 0 Å². The number of hydrazone groups is 1. The van der Waals surface area contributed by atoms with E-state index in [1.807, 2.05) is 18.2 Å². The highest BCUT2D eigenvalue weighted by atomic mass is 79.9. The molecule has 0 aromatic heterocycles. The molecule has 146 valence electrons. The van der Waals surface area contributed by atoms with Gasteiger partial charge in [-0.15, -0.1) is 0 Å². The van der Waals surface area contributed by atoms with Gasteiger partial charge in [0.05, 0.1) is 16.2 Å². The van der Waals surface area contributed by atoms with Crippen molar-refractivity contribution in [3.8, 4) is 5.75 Å². The van der Waals surface area contributed by atoms with E-state index in [0.717, 1.165) is 52.5 Å². The summed E-state index contributed by atoms with van der Waals surface area (Å²) in [5, 5.41) is 7.11. The van der Waals surface area contributed by atoms with Crippen molar-refractivity contribution in [1.82, 2.24) is 5.01 Å². The fourth-order valence-electron chi connectivity index (χ4n) is 3.78. The van der Waals surface area contributed by atoms with Crippen molar-refractivity contribution in [2.24, 2.45) is 5.10 Å². The lowest BCUT2D eigenvalue weighted by Crippen LogP contribution is -2.33. The Bertz CT molecular complexity index is 1110. The van der Waals surface area contributed by atoms with Crippen molar-refractivity contribution >= 4 is 69.4 Å². The molecule has 29 heavy (non-hydrogen) atoms. The first-order chi connectivity index (χ1) is 14.0. The topological polar surface area (TPSA) is 24.8 Å². The molecule has 2 heterocycles. The maximum Gasteiger partial charge on any atom is 0.213 e. The summed E-state index contributed by atoms with van der Waals surface area (Å²) in [6, 6.07) is 20.8. The van der Waals surface area contributed by atoms with E-state index in [1.54, 1.807) is 0 Å². The number of benzene rings is 3. The molecule has 2 unspecified atom stereocenters. The highest BCUT2D eigenvalue weighted by molar-refractivity contribution is 9.11. The zero-order valence-electron chi connectivity index (χ0n) is 14.9. The molecule has 0 radical (unpaired) electrons. The summed E-state index contributed by atoms with van der Waals surface area (Å²) in [5.74, 6) is 0.884. The van der Waals surface area contributed by atoms with E-state index in [1.165, 1.54) is 0 Å². The first kappa shape index (κ1) is 19.8. The average Bonchev–Trinajstić information content (AvgIpc) is 3.14. The van der Waals surface area contributed by atoms with E-state index in [2.05, 4.69) is 111 Å². The Kier molecular flexibility index (Phi) is 5.35. The van der Waals surface area contributed by atoms with Crippen LogP contribution in [0.5, 0.6) is 5.75 Å². The Hall–Kier alpha value is -1.15. The maximum atomic E-state index is 6.49. The van der Waals surface area contributed by atoms with Gasteiger partial charge in [-0.25, -0.2) is 5.01 Å². The van der Waals surface area contributed by atoms with Gasteiger partial charge in [-0.1, -0.05) is 72.1 Å². The minimum absolute atomic E-state index is 0.111. The molecule has 5 rings (SSSR count). The van der Waals surface area contributed by atoms with Crippen LogP contribution >= 0.6 is 63.7 Å². The minimum atomic E-state index is -0.286. The second-order valence-electron chi connectivity index (χ2n) is 6.98. The molecule has 2 atom stereocenters. The molecule has 2 aliphatic rings. The Morgan fingerprint density at radius 1 is 0.828 bits per heavy atom. The molecule has 0 aliphatic carbocycles. The van der Waals surface area contributed by atoms with Crippen LogP contribution in [-0.2, 0) is 0 Å². The van der Waals surface area contributed by atoms with Gasteiger partial charge in [0.1, 0.15) is 5.75 Å². The number of rotatable bonds is 2. The number of halogens is 4. The van der Waals surface area contributed by atoms with Crippen LogP contribution in [0.2, 0.25) is 0 Å². The van der Waals surface area contributed by atoms with Crippen LogP contribution in [0.3, 0.4) is 0 Å². The van der Waals surface area contributed by atoms with Crippen LogP contribution in [-0.4, -0.2) is 10.7 Å². The highest BCUT2D eigenvalue weighted by Gasteiger charge is 2.41. The van der Waals surface area contributed by atoms with Crippen LogP contribution in [0.1, 0.15) is 35.4 Å². The fourth-order valence-corrected chi connectivity index (χ4v) is 5.66. The van der Waals surface area contributed by atoms with Gasteiger partial charge in [0.15, 0.2) is 0 Å². The molecular weight excluding hydrogens is 628 g/mol. The third-order valence-electron chi connectivity index (χ3n) is 5.14. The molecule has 0 spiro atoms. The molecule has 0 bridgehead atoms. The van der Waals surface area contributed by atoms with E-state index in [-0.39, 0.29) is 12.3 Å². The highest BCUT2D eigenvalue weighted by Crippen LogP contribution is 2.50. The third kappa shape index (κ3) is 3.71. The van der Waals surface area contributed by atoms with Crippen molar-refractivity contribution in [3.05, 3.63) is 95.2 Å².